The van der Waals surface area contributed by atoms with Gasteiger partial charge in [0.05, 0.1) is 0 Å². The van der Waals surface area contributed by atoms with Gasteiger partial charge in [-0.15, -0.1) is 0 Å². The molecular weight excluding hydrogens is 214 g/mol. The average molecular weight is 229 g/mol. The molecule has 0 heterocycles. The van der Waals surface area contributed by atoms with Gasteiger partial charge < -0.3 is 5.73 Å². The van der Waals surface area contributed by atoms with E-state index in [9.17, 15) is 0 Å². The van der Waals surface area contributed by atoms with Crippen molar-refractivity contribution in [3.8, 4) is 0 Å². The molecule has 1 nitrogen and oxygen atoms in total. The highest BCUT2D eigenvalue weighted by atomic mass is 32.2. The SMILES string of the molecule is C[C@H](N)c1ccc(Sc2ccccc2)cc1. The molecule has 0 unspecified atom stereocenters. The molecule has 0 saturated heterocycles. The standard InChI is InChI=1S/C14H15NS/c1-11(15)12-7-9-14(10-8-12)16-13-5-3-2-4-6-13/h2-11H,15H2,1H3/t11-/m0/s1. The van der Waals surface area contributed by atoms with Crippen LogP contribution >= 0.6 is 11.8 Å². The molecule has 0 fully saturated rings. The molecule has 82 valence electrons. The minimum Gasteiger partial charge on any atom is -0.324 e. The van der Waals surface area contributed by atoms with E-state index in [4.69, 9.17) is 5.73 Å². The van der Waals surface area contributed by atoms with E-state index in [1.807, 2.05) is 13.0 Å². The van der Waals surface area contributed by atoms with Crippen LogP contribution in [0.25, 0.3) is 0 Å². The first-order valence-corrected chi connectivity index (χ1v) is 6.16. The van der Waals surface area contributed by atoms with Crippen LogP contribution < -0.4 is 5.73 Å². The van der Waals surface area contributed by atoms with Crippen molar-refractivity contribution in [3.05, 3.63) is 60.2 Å². The number of hydrogen-bond acceptors (Lipinski definition) is 2. The minimum atomic E-state index is 0.107. The van der Waals surface area contributed by atoms with E-state index in [2.05, 4.69) is 48.5 Å². The van der Waals surface area contributed by atoms with Crippen LogP contribution in [0, 0.1) is 0 Å². The summed E-state index contributed by atoms with van der Waals surface area (Å²) in [6.07, 6.45) is 0. The Balaban J connectivity index is 2.11. The van der Waals surface area contributed by atoms with Crippen LogP contribution in [0.4, 0.5) is 0 Å². The maximum Gasteiger partial charge on any atom is 0.0266 e. The average Bonchev–Trinajstić information content (AvgIpc) is 2.31. The van der Waals surface area contributed by atoms with Crippen molar-refractivity contribution in [2.24, 2.45) is 5.73 Å². The molecule has 2 aromatic rings. The first kappa shape index (κ1) is 11.2. The molecule has 2 rings (SSSR count). The summed E-state index contributed by atoms with van der Waals surface area (Å²) in [4.78, 5) is 2.51. The topological polar surface area (TPSA) is 26.0 Å². The lowest BCUT2D eigenvalue weighted by Crippen LogP contribution is -2.04. The largest absolute Gasteiger partial charge is 0.324 e. The van der Waals surface area contributed by atoms with Crippen LogP contribution in [-0.4, -0.2) is 0 Å². The van der Waals surface area contributed by atoms with Crippen molar-refractivity contribution in [2.45, 2.75) is 22.8 Å². The first-order valence-electron chi connectivity index (χ1n) is 5.34. The fourth-order valence-electron chi connectivity index (χ4n) is 1.46. The monoisotopic (exact) mass is 229 g/mol. The number of nitrogens with two attached hydrogens (primary N) is 1. The second kappa shape index (κ2) is 5.19. The summed E-state index contributed by atoms with van der Waals surface area (Å²) in [5, 5.41) is 0. The summed E-state index contributed by atoms with van der Waals surface area (Å²) >= 11 is 1.77. The van der Waals surface area contributed by atoms with Gasteiger partial charge in [-0.05, 0) is 36.8 Å². The van der Waals surface area contributed by atoms with E-state index >= 15 is 0 Å². The molecule has 0 radical (unpaired) electrons. The number of benzene rings is 2. The minimum absolute atomic E-state index is 0.107. The molecule has 0 saturated carbocycles. The van der Waals surface area contributed by atoms with Crippen LogP contribution in [0.15, 0.2) is 64.4 Å². The molecular formula is C14H15NS. The summed E-state index contributed by atoms with van der Waals surface area (Å²) in [5.41, 5.74) is 6.99. The molecule has 0 aliphatic rings. The normalized spacial score (nSPS) is 12.4. The molecule has 2 N–H and O–H groups in total. The highest BCUT2D eigenvalue weighted by Crippen LogP contribution is 2.27. The van der Waals surface area contributed by atoms with Crippen LogP contribution in [0.5, 0.6) is 0 Å². The lowest BCUT2D eigenvalue weighted by atomic mass is 10.1. The maximum absolute atomic E-state index is 5.81. The van der Waals surface area contributed by atoms with Gasteiger partial charge in [-0.1, -0.05) is 42.1 Å². The highest BCUT2D eigenvalue weighted by Gasteiger charge is 2.00. The Bertz CT molecular complexity index is 434. The van der Waals surface area contributed by atoms with Gasteiger partial charge in [-0.2, -0.15) is 0 Å². The van der Waals surface area contributed by atoms with Crippen molar-refractivity contribution in [2.75, 3.05) is 0 Å². The van der Waals surface area contributed by atoms with E-state index in [-0.39, 0.29) is 6.04 Å². The summed E-state index contributed by atoms with van der Waals surface area (Å²) in [6, 6.07) is 18.9. The number of hydrogen-bond donors (Lipinski definition) is 1. The van der Waals surface area contributed by atoms with Crippen LogP contribution in [0.1, 0.15) is 18.5 Å². The third-order valence-corrected chi connectivity index (χ3v) is 3.40. The van der Waals surface area contributed by atoms with E-state index < -0.39 is 0 Å². The fraction of sp³-hybridized carbons (Fsp3) is 0.143. The van der Waals surface area contributed by atoms with Gasteiger partial charge in [0.1, 0.15) is 0 Å². The Morgan fingerprint density at radius 1 is 0.875 bits per heavy atom. The lowest BCUT2D eigenvalue weighted by molar-refractivity contribution is 0.817. The Kier molecular flexibility index (Phi) is 3.65. The van der Waals surface area contributed by atoms with Crippen molar-refractivity contribution in [3.63, 3.8) is 0 Å². The molecule has 0 aromatic heterocycles. The second-order valence-corrected chi connectivity index (χ2v) is 4.92. The van der Waals surface area contributed by atoms with E-state index in [1.165, 1.54) is 15.4 Å². The molecule has 2 heteroatoms. The zero-order chi connectivity index (χ0) is 11.4. The van der Waals surface area contributed by atoms with Crippen molar-refractivity contribution < 1.29 is 0 Å². The number of rotatable bonds is 3. The van der Waals surface area contributed by atoms with Gasteiger partial charge >= 0.3 is 0 Å². The second-order valence-electron chi connectivity index (χ2n) is 3.77. The van der Waals surface area contributed by atoms with Gasteiger partial charge in [0.15, 0.2) is 0 Å². The van der Waals surface area contributed by atoms with Crippen LogP contribution in [0.3, 0.4) is 0 Å². The van der Waals surface area contributed by atoms with Crippen molar-refractivity contribution in [1.29, 1.82) is 0 Å². The molecule has 0 aliphatic heterocycles. The Hall–Kier alpha value is -1.25. The molecule has 0 amide bonds. The zero-order valence-corrected chi connectivity index (χ0v) is 10.1. The molecule has 16 heavy (non-hydrogen) atoms. The lowest BCUT2D eigenvalue weighted by Gasteiger charge is -2.06. The van der Waals surface area contributed by atoms with E-state index in [0.29, 0.717) is 0 Å². The highest BCUT2D eigenvalue weighted by molar-refractivity contribution is 7.99. The Labute approximate surface area is 101 Å². The quantitative estimate of drug-likeness (QED) is 0.865. The summed E-state index contributed by atoms with van der Waals surface area (Å²) in [6.45, 7) is 2.00. The van der Waals surface area contributed by atoms with Crippen molar-refractivity contribution >= 4 is 11.8 Å². The molecule has 0 bridgehead atoms. The smallest absolute Gasteiger partial charge is 0.0266 e. The van der Waals surface area contributed by atoms with Crippen molar-refractivity contribution in [1.82, 2.24) is 0 Å². The third kappa shape index (κ3) is 2.87. The van der Waals surface area contributed by atoms with Gasteiger partial charge in [0.2, 0.25) is 0 Å². The predicted molar refractivity (Wildman–Crippen MR) is 69.6 cm³/mol. The van der Waals surface area contributed by atoms with E-state index in [1.54, 1.807) is 11.8 Å². The van der Waals surface area contributed by atoms with Gasteiger partial charge in [0.25, 0.3) is 0 Å². The first-order chi connectivity index (χ1) is 7.75. The molecule has 0 spiro atoms. The van der Waals surface area contributed by atoms with Crippen LogP contribution in [0.2, 0.25) is 0 Å². The van der Waals surface area contributed by atoms with Gasteiger partial charge in [-0.3, -0.25) is 0 Å². The Morgan fingerprint density at radius 2 is 1.44 bits per heavy atom. The van der Waals surface area contributed by atoms with Gasteiger partial charge in [-0.25, -0.2) is 0 Å². The fourth-order valence-corrected chi connectivity index (χ4v) is 2.30. The van der Waals surface area contributed by atoms with Crippen LogP contribution in [-0.2, 0) is 0 Å². The summed E-state index contributed by atoms with van der Waals surface area (Å²) in [5.74, 6) is 0. The van der Waals surface area contributed by atoms with E-state index in [0.717, 1.165) is 0 Å². The Morgan fingerprint density at radius 3 is 2.00 bits per heavy atom. The summed E-state index contributed by atoms with van der Waals surface area (Å²) in [7, 11) is 0. The summed E-state index contributed by atoms with van der Waals surface area (Å²) < 4.78 is 0. The van der Waals surface area contributed by atoms with Gasteiger partial charge in [0, 0.05) is 15.8 Å². The zero-order valence-electron chi connectivity index (χ0n) is 9.26. The molecule has 0 aliphatic carbocycles. The third-order valence-electron chi connectivity index (χ3n) is 2.38. The maximum atomic E-state index is 5.81. The molecule has 2 aromatic carbocycles. The predicted octanol–water partition coefficient (Wildman–Crippen LogP) is 3.86. The molecule has 1 atom stereocenters.